The van der Waals surface area contributed by atoms with Crippen molar-refractivity contribution in [3.63, 3.8) is 0 Å². The van der Waals surface area contributed by atoms with Gasteiger partial charge in [0.1, 0.15) is 5.75 Å². The highest BCUT2D eigenvalue weighted by Crippen LogP contribution is 2.27. The van der Waals surface area contributed by atoms with E-state index in [9.17, 15) is 4.79 Å². The van der Waals surface area contributed by atoms with Crippen LogP contribution in [0.1, 0.15) is 22.8 Å². The van der Waals surface area contributed by atoms with Crippen LogP contribution in [0.5, 0.6) is 17.2 Å². The number of methoxy groups -OCH3 is 2. The molecule has 0 aromatic heterocycles. The molecule has 0 spiro atoms. The Morgan fingerprint density at radius 3 is 2.52 bits per heavy atom. The molecule has 4 nitrogen and oxygen atoms in total. The second kappa shape index (κ2) is 8.03. The summed E-state index contributed by atoms with van der Waals surface area (Å²) in [5.41, 5.74) is 1.45. The van der Waals surface area contributed by atoms with E-state index >= 15 is 0 Å². The molecular weight excluding hydrogens is 292 g/mol. The fourth-order valence-corrected chi connectivity index (χ4v) is 2.13. The summed E-state index contributed by atoms with van der Waals surface area (Å²) in [4.78, 5) is 12.3. The van der Waals surface area contributed by atoms with Gasteiger partial charge >= 0.3 is 0 Å². The third kappa shape index (κ3) is 4.36. The zero-order valence-corrected chi connectivity index (χ0v) is 13.5. The van der Waals surface area contributed by atoms with Crippen molar-refractivity contribution in [2.45, 2.75) is 6.92 Å². The Morgan fingerprint density at radius 2 is 1.83 bits per heavy atom. The fourth-order valence-electron chi connectivity index (χ4n) is 2.13. The monoisotopic (exact) mass is 312 g/mol. The summed E-state index contributed by atoms with van der Waals surface area (Å²) in [6, 6.07) is 12.7. The number of ether oxygens (including phenoxy) is 3. The van der Waals surface area contributed by atoms with Crippen LogP contribution in [0.2, 0.25) is 0 Å². The molecule has 2 aromatic carbocycles. The molecule has 0 amide bonds. The predicted octanol–water partition coefficient (Wildman–Crippen LogP) is 4.00. The van der Waals surface area contributed by atoms with E-state index in [0.29, 0.717) is 23.7 Å². The van der Waals surface area contributed by atoms with Gasteiger partial charge in [-0.3, -0.25) is 4.79 Å². The van der Waals surface area contributed by atoms with Gasteiger partial charge in [0.15, 0.2) is 17.3 Å². The van der Waals surface area contributed by atoms with E-state index in [0.717, 1.165) is 11.3 Å². The molecule has 0 saturated carbocycles. The molecule has 0 saturated heterocycles. The summed E-state index contributed by atoms with van der Waals surface area (Å²) >= 11 is 0. The average Bonchev–Trinajstić information content (AvgIpc) is 2.59. The summed E-state index contributed by atoms with van der Waals surface area (Å²) in [6.07, 6.45) is 3.30. The number of hydrogen-bond donors (Lipinski definition) is 0. The van der Waals surface area contributed by atoms with Crippen LogP contribution in [0, 0.1) is 0 Å². The van der Waals surface area contributed by atoms with Crippen molar-refractivity contribution in [2.75, 3.05) is 20.8 Å². The van der Waals surface area contributed by atoms with E-state index in [2.05, 4.69) is 0 Å². The lowest BCUT2D eigenvalue weighted by Gasteiger charge is -2.08. The van der Waals surface area contributed by atoms with Gasteiger partial charge in [0.05, 0.1) is 20.8 Å². The molecule has 0 aliphatic carbocycles. The van der Waals surface area contributed by atoms with Crippen LogP contribution >= 0.6 is 0 Å². The lowest BCUT2D eigenvalue weighted by Crippen LogP contribution is -1.97. The molecule has 0 N–H and O–H groups in total. The van der Waals surface area contributed by atoms with Crippen molar-refractivity contribution in [3.8, 4) is 17.2 Å². The highest BCUT2D eigenvalue weighted by atomic mass is 16.5. The first kappa shape index (κ1) is 16.6. The lowest BCUT2D eigenvalue weighted by atomic mass is 10.1. The van der Waals surface area contributed by atoms with Crippen molar-refractivity contribution in [2.24, 2.45) is 0 Å². The number of rotatable bonds is 7. The summed E-state index contributed by atoms with van der Waals surface area (Å²) in [7, 11) is 3.10. The molecule has 0 heterocycles. The quantitative estimate of drug-likeness (QED) is 0.572. The topological polar surface area (TPSA) is 44.8 Å². The van der Waals surface area contributed by atoms with Crippen molar-refractivity contribution in [3.05, 3.63) is 59.7 Å². The first-order valence-corrected chi connectivity index (χ1v) is 7.35. The highest BCUT2D eigenvalue weighted by molar-refractivity contribution is 6.07. The van der Waals surface area contributed by atoms with Crippen LogP contribution in [0.4, 0.5) is 0 Å². The molecule has 0 aliphatic heterocycles. The average molecular weight is 312 g/mol. The lowest BCUT2D eigenvalue weighted by molar-refractivity contribution is 0.104. The Morgan fingerprint density at radius 1 is 1.04 bits per heavy atom. The number of carbonyl (C=O) groups is 1. The van der Waals surface area contributed by atoms with Gasteiger partial charge in [-0.2, -0.15) is 0 Å². The molecule has 2 rings (SSSR count). The summed E-state index contributed by atoms with van der Waals surface area (Å²) < 4.78 is 15.8. The molecule has 120 valence electrons. The normalized spacial score (nSPS) is 10.6. The van der Waals surface area contributed by atoms with Crippen molar-refractivity contribution >= 4 is 11.9 Å². The third-order valence-electron chi connectivity index (χ3n) is 3.26. The van der Waals surface area contributed by atoms with Gasteiger partial charge in [-0.25, -0.2) is 0 Å². The molecular formula is C19H20O4. The Balaban J connectivity index is 2.16. The fraction of sp³-hybridized carbons (Fsp3) is 0.211. The van der Waals surface area contributed by atoms with E-state index in [1.165, 1.54) is 6.08 Å². The zero-order chi connectivity index (χ0) is 16.7. The van der Waals surface area contributed by atoms with Crippen LogP contribution < -0.4 is 14.2 Å². The molecule has 4 heteroatoms. The summed E-state index contributed by atoms with van der Waals surface area (Å²) in [6.45, 7) is 2.54. The molecule has 23 heavy (non-hydrogen) atoms. The Kier molecular flexibility index (Phi) is 5.80. The molecule has 0 aliphatic rings. The second-order valence-electron chi connectivity index (χ2n) is 4.77. The van der Waals surface area contributed by atoms with E-state index < -0.39 is 0 Å². The molecule has 0 atom stereocenters. The zero-order valence-electron chi connectivity index (χ0n) is 13.5. The van der Waals surface area contributed by atoms with Gasteiger partial charge in [0.25, 0.3) is 0 Å². The number of carbonyl (C=O) groups excluding carboxylic acids is 1. The molecule has 0 bridgehead atoms. The standard InChI is InChI=1S/C19H20O4/c1-4-23-16-7-5-6-14(12-16)8-10-17(20)15-9-11-18(21-2)19(13-15)22-3/h5-13H,4H2,1-3H3. The van der Waals surface area contributed by atoms with E-state index in [4.69, 9.17) is 14.2 Å². The van der Waals surface area contributed by atoms with E-state index in [-0.39, 0.29) is 5.78 Å². The van der Waals surface area contributed by atoms with Crippen LogP contribution in [-0.4, -0.2) is 26.6 Å². The molecule has 0 unspecified atom stereocenters. The summed E-state index contributed by atoms with van der Waals surface area (Å²) in [5.74, 6) is 1.81. The van der Waals surface area contributed by atoms with Crippen LogP contribution in [0.25, 0.3) is 6.08 Å². The van der Waals surface area contributed by atoms with Gasteiger partial charge in [-0.15, -0.1) is 0 Å². The van der Waals surface area contributed by atoms with Crippen LogP contribution in [0.15, 0.2) is 48.5 Å². The maximum Gasteiger partial charge on any atom is 0.185 e. The predicted molar refractivity (Wildman–Crippen MR) is 90.5 cm³/mol. The van der Waals surface area contributed by atoms with Crippen molar-refractivity contribution < 1.29 is 19.0 Å². The number of ketones is 1. The van der Waals surface area contributed by atoms with Crippen molar-refractivity contribution in [1.29, 1.82) is 0 Å². The van der Waals surface area contributed by atoms with E-state index in [1.807, 2.05) is 31.2 Å². The van der Waals surface area contributed by atoms with Gasteiger partial charge < -0.3 is 14.2 Å². The van der Waals surface area contributed by atoms with Gasteiger partial charge in [-0.05, 0) is 48.9 Å². The smallest absolute Gasteiger partial charge is 0.185 e. The van der Waals surface area contributed by atoms with Crippen LogP contribution in [-0.2, 0) is 0 Å². The van der Waals surface area contributed by atoms with Gasteiger partial charge in [0, 0.05) is 5.56 Å². The molecule has 2 aromatic rings. The maximum atomic E-state index is 12.3. The Bertz CT molecular complexity index is 704. The minimum Gasteiger partial charge on any atom is -0.494 e. The van der Waals surface area contributed by atoms with Gasteiger partial charge in [-0.1, -0.05) is 18.2 Å². The second-order valence-corrected chi connectivity index (χ2v) is 4.77. The SMILES string of the molecule is CCOc1cccc(C=CC(=O)c2ccc(OC)c(OC)c2)c1. The Labute approximate surface area is 136 Å². The molecule has 0 radical (unpaired) electrons. The van der Waals surface area contributed by atoms with Gasteiger partial charge in [0.2, 0.25) is 0 Å². The van der Waals surface area contributed by atoms with E-state index in [1.54, 1.807) is 38.5 Å². The first-order valence-electron chi connectivity index (χ1n) is 7.35. The number of hydrogen-bond acceptors (Lipinski definition) is 4. The van der Waals surface area contributed by atoms with Crippen molar-refractivity contribution in [1.82, 2.24) is 0 Å². The largest absolute Gasteiger partial charge is 0.494 e. The van der Waals surface area contributed by atoms with Crippen LogP contribution in [0.3, 0.4) is 0 Å². The molecule has 0 fully saturated rings. The highest BCUT2D eigenvalue weighted by Gasteiger charge is 2.08. The first-order chi connectivity index (χ1) is 11.2. The number of benzene rings is 2. The minimum absolute atomic E-state index is 0.104. The summed E-state index contributed by atoms with van der Waals surface area (Å²) in [5, 5.41) is 0. The minimum atomic E-state index is -0.104. The maximum absolute atomic E-state index is 12.3. The number of allylic oxidation sites excluding steroid dienone is 1. The third-order valence-corrected chi connectivity index (χ3v) is 3.26. The Hall–Kier alpha value is -2.75.